The van der Waals surface area contributed by atoms with Crippen LogP contribution in [0.1, 0.15) is 40.0 Å². The third-order valence-corrected chi connectivity index (χ3v) is 3.98. The van der Waals surface area contributed by atoms with Crippen LogP contribution in [0.5, 0.6) is 0 Å². The van der Waals surface area contributed by atoms with Crippen LogP contribution >= 0.6 is 0 Å². The van der Waals surface area contributed by atoms with Gasteiger partial charge in [0.2, 0.25) is 0 Å². The lowest BCUT2D eigenvalue weighted by Gasteiger charge is -2.37. The molecule has 0 bridgehead atoms. The van der Waals surface area contributed by atoms with E-state index in [0.717, 1.165) is 24.0 Å². The summed E-state index contributed by atoms with van der Waals surface area (Å²) in [5.41, 5.74) is 0. The van der Waals surface area contributed by atoms with Crippen LogP contribution in [-0.4, -0.2) is 36.1 Å². The summed E-state index contributed by atoms with van der Waals surface area (Å²) >= 11 is 0. The Labute approximate surface area is 88.1 Å². The van der Waals surface area contributed by atoms with E-state index in [1.54, 1.807) is 0 Å². The molecular weight excluding hydrogens is 172 g/mol. The molecule has 1 N–H and O–H groups in total. The maximum absolute atomic E-state index is 3.79. The molecular formula is C12H24N2. The lowest BCUT2D eigenvalue weighted by atomic mass is 9.98. The van der Waals surface area contributed by atoms with Crippen molar-refractivity contribution >= 4 is 0 Å². The minimum Gasteiger partial charge on any atom is -0.311 e. The first kappa shape index (κ1) is 10.4. The zero-order valence-electron chi connectivity index (χ0n) is 9.79. The Morgan fingerprint density at radius 2 is 2.00 bits per heavy atom. The van der Waals surface area contributed by atoms with Gasteiger partial charge in [0.05, 0.1) is 0 Å². The van der Waals surface area contributed by atoms with Gasteiger partial charge in [-0.15, -0.1) is 0 Å². The van der Waals surface area contributed by atoms with Crippen molar-refractivity contribution in [3.05, 3.63) is 0 Å². The van der Waals surface area contributed by atoms with Gasteiger partial charge in [0, 0.05) is 18.1 Å². The van der Waals surface area contributed by atoms with E-state index < -0.39 is 0 Å². The molecule has 2 aliphatic rings. The average Bonchev–Trinajstić information content (AvgIpc) is 2.82. The number of likely N-dealkylation sites (tertiary alicyclic amines) is 1. The number of hydrogen-bond acceptors (Lipinski definition) is 2. The van der Waals surface area contributed by atoms with Gasteiger partial charge >= 0.3 is 0 Å². The van der Waals surface area contributed by atoms with E-state index >= 15 is 0 Å². The fourth-order valence-electron chi connectivity index (χ4n) is 2.70. The molecule has 0 aromatic heterocycles. The van der Waals surface area contributed by atoms with E-state index in [-0.39, 0.29) is 0 Å². The molecule has 4 unspecified atom stereocenters. The van der Waals surface area contributed by atoms with Gasteiger partial charge in [0.1, 0.15) is 0 Å². The van der Waals surface area contributed by atoms with Gasteiger partial charge < -0.3 is 10.2 Å². The van der Waals surface area contributed by atoms with Crippen LogP contribution in [-0.2, 0) is 0 Å². The van der Waals surface area contributed by atoms with Gasteiger partial charge in [0.15, 0.2) is 0 Å². The molecule has 0 aromatic rings. The van der Waals surface area contributed by atoms with E-state index in [1.807, 2.05) is 0 Å². The van der Waals surface area contributed by atoms with Crippen LogP contribution in [0.15, 0.2) is 0 Å². The van der Waals surface area contributed by atoms with Crippen molar-refractivity contribution in [1.82, 2.24) is 10.2 Å². The number of nitrogens with zero attached hydrogens (tertiary/aromatic N) is 1. The van der Waals surface area contributed by atoms with Gasteiger partial charge in [-0.3, -0.25) is 0 Å². The summed E-state index contributed by atoms with van der Waals surface area (Å²) in [5.74, 6) is 0.939. The molecule has 1 aliphatic heterocycles. The minimum absolute atomic E-state index is 0.778. The monoisotopic (exact) mass is 196 g/mol. The van der Waals surface area contributed by atoms with Crippen molar-refractivity contribution in [2.45, 2.75) is 58.2 Å². The molecule has 2 nitrogen and oxygen atoms in total. The molecule has 2 heteroatoms. The van der Waals surface area contributed by atoms with Crippen molar-refractivity contribution in [2.75, 3.05) is 13.1 Å². The zero-order chi connectivity index (χ0) is 10.1. The van der Waals surface area contributed by atoms with Gasteiger partial charge in [-0.1, -0.05) is 13.8 Å². The van der Waals surface area contributed by atoms with Crippen molar-refractivity contribution in [3.63, 3.8) is 0 Å². The van der Waals surface area contributed by atoms with E-state index in [9.17, 15) is 0 Å². The molecule has 4 atom stereocenters. The quantitative estimate of drug-likeness (QED) is 0.741. The Kier molecular flexibility index (Phi) is 3.13. The number of piperidine rings is 1. The van der Waals surface area contributed by atoms with Crippen LogP contribution in [0.25, 0.3) is 0 Å². The molecule has 1 saturated heterocycles. The second-order valence-electron chi connectivity index (χ2n) is 5.19. The fraction of sp³-hybridized carbons (Fsp3) is 1.00. The van der Waals surface area contributed by atoms with Gasteiger partial charge in [-0.25, -0.2) is 0 Å². The first-order valence-corrected chi connectivity index (χ1v) is 6.20. The molecule has 82 valence electrons. The van der Waals surface area contributed by atoms with Crippen LogP contribution in [0.4, 0.5) is 0 Å². The highest BCUT2D eigenvalue weighted by Gasteiger charge is 2.35. The SMILES string of the molecule is CCN1CCC(NC2CC2C)CC1C. The molecule has 1 aliphatic carbocycles. The summed E-state index contributed by atoms with van der Waals surface area (Å²) in [7, 11) is 0. The summed E-state index contributed by atoms with van der Waals surface area (Å²) in [4.78, 5) is 2.59. The molecule has 0 spiro atoms. The van der Waals surface area contributed by atoms with Gasteiger partial charge in [-0.05, 0) is 45.2 Å². The predicted octanol–water partition coefficient (Wildman–Crippen LogP) is 1.86. The summed E-state index contributed by atoms with van der Waals surface area (Å²) < 4.78 is 0. The van der Waals surface area contributed by atoms with Crippen molar-refractivity contribution in [1.29, 1.82) is 0 Å². The molecule has 2 rings (SSSR count). The van der Waals surface area contributed by atoms with E-state index in [1.165, 1.54) is 32.4 Å². The first-order valence-electron chi connectivity index (χ1n) is 6.20. The fourth-order valence-corrected chi connectivity index (χ4v) is 2.70. The highest BCUT2D eigenvalue weighted by Crippen LogP contribution is 2.31. The molecule has 0 aromatic carbocycles. The third-order valence-electron chi connectivity index (χ3n) is 3.98. The summed E-state index contributed by atoms with van der Waals surface area (Å²) in [6, 6.07) is 2.42. The normalized spacial score (nSPS) is 43.9. The van der Waals surface area contributed by atoms with Crippen LogP contribution in [0, 0.1) is 5.92 Å². The van der Waals surface area contributed by atoms with E-state index in [0.29, 0.717) is 0 Å². The highest BCUT2D eigenvalue weighted by molar-refractivity contribution is 4.94. The number of hydrogen-bond donors (Lipinski definition) is 1. The number of rotatable bonds is 3. The first-order chi connectivity index (χ1) is 6.70. The second-order valence-corrected chi connectivity index (χ2v) is 5.19. The highest BCUT2D eigenvalue weighted by atomic mass is 15.2. The van der Waals surface area contributed by atoms with Crippen LogP contribution in [0.3, 0.4) is 0 Å². The molecule has 0 amide bonds. The maximum Gasteiger partial charge on any atom is 0.00990 e. The van der Waals surface area contributed by atoms with Crippen molar-refractivity contribution in [2.24, 2.45) is 5.92 Å². The molecule has 1 heterocycles. The minimum atomic E-state index is 0.778. The second kappa shape index (κ2) is 4.19. The van der Waals surface area contributed by atoms with Gasteiger partial charge in [0.25, 0.3) is 0 Å². The molecule has 0 radical (unpaired) electrons. The Bertz CT molecular complexity index is 193. The summed E-state index contributed by atoms with van der Waals surface area (Å²) in [6.45, 7) is 9.49. The van der Waals surface area contributed by atoms with Crippen molar-refractivity contribution < 1.29 is 0 Å². The molecule has 2 fully saturated rings. The van der Waals surface area contributed by atoms with E-state index in [2.05, 4.69) is 31.0 Å². The summed E-state index contributed by atoms with van der Waals surface area (Å²) in [6.07, 6.45) is 4.10. The third kappa shape index (κ3) is 2.29. The maximum atomic E-state index is 3.79. The Morgan fingerprint density at radius 1 is 1.29 bits per heavy atom. The lowest BCUT2D eigenvalue weighted by molar-refractivity contribution is 0.142. The molecule has 14 heavy (non-hydrogen) atoms. The Hall–Kier alpha value is -0.0800. The zero-order valence-corrected chi connectivity index (χ0v) is 9.79. The molecule has 1 saturated carbocycles. The van der Waals surface area contributed by atoms with Gasteiger partial charge in [-0.2, -0.15) is 0 Å². The Morgan fingerprint density at radius 3 is 2.50 bits per heavy atom. The largest absolute Gasteiger partial charge is 0.311 e. The van der Waals surface area contributed by atoms with Crippen LogP contribution in [0.2, 0.25) is 0 Å². The standard InChI is InChI=1S/C12H24N2/c1-4-14-6-5-11(8-10(14)3)13-12-7-9(12)2/h9-13H,4-8H2,1-3H3. The van der Waals surface area contributed by atoms with E-state index in [4.69, 9.17) is 0 Å². The predicted molar refractivity (Wildman–Crippen MR) is 60.4 cm³/mol. The topological polar surface area (TPSA) is 15.3 Å². The lowest BCUT2D eigenvalue weighted by Crippen LogP contribution is -2.47. The Balaban J connectivity index is 1.75. The number of nitrogens with one attached hydrogen (secondary N) is 1. The summed E-state index contributed by atoms with van der Waals surface area (Å²) in [5, 5.41) is 3.79. The average molecular weight is 196 g/mol. The van der Waals surface area contributed by atoms with Crippen molar-refractivity contribution in [3.8, 4) is 0 Å². The van der Waals surface area contributed by atoms with Crippen LogP contribution < -0.4 is 5.32 Å². The smallest absolute Gasteiger partial charge is 0.00990 e.